The second kappa shape index (κ2) is 7.96. The van der Waals surface area contributed by atoms with Gasteiger partial charge in [-0.3, -0.25) is 9.78 Å². The Bertz CT molecular complexity index is 590. The molecule has 8 heteroatoms. The van der Waals surface area contributed by atoms with Crippen molar-refractivity contribution in [1.29, 1.82) is 0 Å². The summed E-state index contributed by atoms with van der Waals surface area (Å²) in [6.07, 6.45) is 1.29. The molecule has 124 valence electrons. The molecule has 23 heavy (non-hydrogen) atoms. The molecule has 1 saturated heterocycles. The van der Waals surface area contributed by atoms with Crippen molar-refractivity contribution in [2.75, 3.05) is 31.8 Å². The molecule has 1 aliphatic heterocycles. The van der Waals surface area contributed by atoms with Crippen molar-refractivity contribution >= 4 is 29.6 Å². The Morgan fingerprint density at radius 3 is 2.78 bits per heavy atom. The fraction of sp³-hybridized carbons (Fsp3) is 0.467. The third kappa shape index (κ3) is 4.01. The molecule has 0 spiro atoms. The van der Waals surface area contributed by atoms with E-state index in [1.807, 2.05) is 0 Å². The highest BCUT2D eigenvalue weighted by molar-refractivity contribution is 7.99. The average molecular weight is 338 g/mol. The van der Waals surface area contributed by atoms with Gasteiger partial charge in [-0.2, -0.15) is 11.8 Å². The van der Waals surface area contributed by atoms with Gasteiger partial charge in [0.15, 0.2) is 0 Å². The van der Waals surface area contributed by atoms with Crippen molar-refractivity contribution < 1.29 is 23.9 Å². The summed E-state index contributed by atoms with van der Waals surface area (Å²) in [6, 6.07) is 2.33. The average Bonchev–Trinajstić information content (AvgIpc) is 2.60. The molecule has 0 aromatic carbocycles. The largest absolute Gasteiger partial charge is 0.465 e. The van der Waals surface area contributed by atoms with Crippen molar-refractivity contribution in [1.82, 2.24) is 9.88 Å². The van der Waals surface area contributed by atoms with E-state index in [0.717, 1.165) is 5.75 Å². The van der Waals surface area contributed by atoms with Gasteiger partial charge in [-0.05, 0) is 19.1 Å². The maximum atomic E-state index is 12.6. The lowest BCUT2D eigenvalue weighted by molar-refractivity contribution is -0.147. The quantitative estimate of drug-likeness (QED) is 0.757. The zero-order valence-electron chi connectivity index (χ0n) is 13.0. The van der Waals surface area contributed by atoms with Crippen LogP contribution >= 0.6 is 11.8 Å². The number of hydrogen-bond acceptors (Lipinski definition) is 7. The third-order valence-corrected chi connectivity index (χ3v) is 4.37. The first-order valence-corrected chi connectivity index (χ1v) is 8.33. The molecule has 2 heterocycles. The van der Waals surface area contributed by atoms with Crippen LogP contribution in [0, 0.1) is 0 Å². The molecule has 1 aromatic heterocycles. The van der Waals surface area contributed by atoms with E-state index < -0.39 is 18.0 Å². The number of amides is 1. The van der Waals surface area contributed by atoms with Crippen molar-refractivity contribution in [3.05, 3.63) is 29.6 Å². The summed E-state index contributed by atoms with van der Waals surface area (Å²) in [4.78, 5) is 41.5. The predicted molar refractivity (Wildman–Crippen MR) is 84.4 cm³/mol. The van der Waals surface area contributed by atoms with Gasteiger partial charge < -0.3 is 14.4 Å². The number of hydrogen-bond donors (Lipinski definition) is 0. The van der Waals surface area contributed by atoms with Gasteiger partial charge in [0.05, 0.1) is 19.3 Å². The molecule has 1 fully saturated rings. The lowest BCUT2D eigenvalue weighted by Crippen LogP contribution is -2.51. The maximum Gasteiger partial charge on any atom is 0.339 e. The van der Waals surface area contributed by atoms with E-state index >= 15 is 0 Å². The van der Waals surface area contributed by atoms with Gasteiger partial charge in [0.2, 0.25) is 0 Å². The number of rotatable bonds is 4. The number of nitrogens with zero attached hydrogens (tertiary/aromatic N) is 2. The summed E-state index contributed by atoms with van der Waals surface area (Å²) in [5.41, 5.74) is 0.444. The lowest BCUT2D eigenvalue weighted by Gasteiger charge is -2.33. The number of carbonyl (C=O) groups is 3. The van der Waals surface area contributed by atoms with Crippen LogP contribution in [0.2, 0.25) is 0 Å². The fourth-order valence-electron chi connectivity index (χ4n) is 2.19. The van der Waals surface area contributed by atoms with E-state index in [2.05, 4.69) is 9.72 Å². The van der Waals surface area contributed by atoms with Crippen molar-refractivity contribution in [2.24, 2.45) is 0 Å². The number of thioether (sulfide) groups is 1. The summed E-state index contributed by atoms with van der Waals surface area (Å²) in [5.74, 6) is -0.0125. The van der Waals surface area contributed by atoms with Crippen molar-refractivity contribution in [3.63, 3.8) is 0 Å². The summed E-state index contributed by atoms with van der Waals surface area (Å²) in [5, 5.41) is 0. The molecule has 0 aliphatic carbocycles. The van der Waals surface area contributed by atoms with Crippen LogP contribution in [0.5, 0.6) is 0 Å². The molecule has 1 amide bonds. The zero-order chi connectivity index (χ0) is 16.8. The Morgan fingerprint density at radius 1 is 1.39 bits per heavy atom. The molecule has 0 bridgehead atoms. The maximum absolute atomic E-state index is 12.6. The van der Waals surface area contributed by atoms with Crippen LogP contribution in [0.25, 0.3) is 0 Å². The van der Waals surface area contributed by atoms with Gasteiger partial charge in [-0.15, -0.1) is 0 Å². The highest BCUT2D eigenvalue weighted by Gasteiger charge is 2.34. The lowest BCUT2D eigenvalue weighted by atomic mass is 10.2. The van der Waals surface area contributed by atoms with E-state index in [1.54, 1.807) is 18.7 Å². The van der Waals surface area contributed by atoms with Crippen LogP contribution < -0.4 is 0 Å². The van der Waals surface area contributed by atoms with Crippen LogP contribution in [0.3, 0.4) is 0 Å². The van der Waals surface area contributed by atoms with Crippen LogP contribution in [-0.2, 0) is 14.3 Å². The molecule has 0 radical (unpaired) electrons. The summed E-state index contributed by atoms with van der Waals surface area (Å²) in [6.45, 7) is 2.45. The minimum Gasteiger partial charge on any atom is -0.465 e. The van der Waals surface area contributed by atoms with Crippen LogP contribution in [0.1, 0.15) is 27.8 Å². The normalized spacial score (nSPS) is 17.5. The molecule has 1 aliphatic rings. The molecular weight excluding hydrogens is 320 g/mol. The van der Waals surface area contributed by atoms with Gasteiger partial charge in [-0.1, -0.05) is 0 Å². The van der Waals surface area contributed by atoms with E-state index in [1.165, 1.54) is 30.3 Å². The molecule has 0 saturated carbocycles. The standard InChI is InChI=1S/C15H18N2O5S/c1-3-22-15(20)12-9-23-7-6-17(12)13(18)11-5-4-10(8-16-11)14(19)21-2/h4-5,8,12H,3,6-7,9H2,1-2H3/t12-/m1/s1. The number of aromatic nitrogens is 1. The topological polar surface area (TPSA) is 85.8 Å². The van der Waals surface area contributed by atoms with Gasteiger partial charge >= 0.3 is 11.9 Å². The SMILES string of the molecule is CCOC(=O)[C@H]1CSCCN1C(=O)c1ccc(C(=O)OC)cn1. The predicted octanol–water partition coefficient (Wildman–Crippen LogP) is 0.989. The third-order valence-electron chi connectivity index (χ3n) is 3.35. The Kier molecular flexibility index (Phi) is 5.97. The molecule has 1 atom stereocenters. The number of pyridine rings is 1. The van der Waals surface area contributed by atoms with E-state index in [4.69, 9.17) is 4.74 Å². The highest BCUT2D eigenvalue weighted by atomic mass is 32.2. The zero-order valence-corrected chi connectivity index (χ0v) is 13.8. The van der Waals surface area contributed by atoms with Crippen LogP contribution in [0.15, 0.2) is 18.3 Å². The van der Waals surface area contributed by atoms with Crippen LogP contribution in [0.4, 0.5) is 0 Å². The first kappa shape index (κ1) is 17.3. The van der Waals surface area contributed by atoms with E-state index in [-0.39, 0.29) is 23.8 Å². The Balaban J connectivity index is 2.16. The number of methoxy groups -OCH3 is 1. The number of ether oxygens (including phenoxy) is 2. The van der Waals surface area contributed by atoms with Gasteiger partial charge in [-0.25, -0.2) is 9.59 Å². The molecular formula is C15H18N2O5S. The first-order chi connectivity index (χ1) is 11.1. The van der Waals surface area contributed by atoms with Crippen LogP contribution in [-0.4, -0.2) is 65.5 Å². The Hall–Kier alpha value is -2.09. The molecule has 1 aromatic rings. The number of carbonyl (C=O) groups excluding carboxylic acids is 3. The van der Waals surface area contributed by atoms with Gasteiger partial charge in [0, 0.05) is 24.2 Å². The smallest absolute Gasteiger partial charge is 0.339 e. The van der Waals surface area contributed by atoms with Crippen molar-refractivity contribution in [2.45, 2.75) is 13.0 Å². The Morgan fingerprint density at radius 2 is 2.17 bits per heavy atom. The minimum atomic E-state index is -0.608. The number of esters is 2. The molecule has 7 nitrogen and oxygen atoms in total. The summed E-state index contributed by atoms with van der Waals surface area (Å²) >= 11 is 1.61. The second-order valence-corrected chi connectivity index (χ2v) is 5.91. The van der Waals surface area contributed by atoms with E-state index in [9.17, 15) is 14.4 Å². The highest BCUT2D eigenvalue weighted by Crippen LogP contribution is 2.20. The van der Waals surface area contributed by atoms with E-state index in [0.29, 0.717) is 12.3 Å². The van der Waals surface area contributed by atoms with Gasteiger partial charge in [0.25, 0.3) is 5.91 Å². The van der Waals surface area contributed by atoms with Gasteiger partial charge in [0.1, 0.15) is 11.7 Å². The minimum absolute atomic E-state index is 0.179. The summed E-state index contributed by atoms with van der Waals surface area (Å²) in [7, 11) is 1.27. The molecule has 0 unspecified atom stereocenters. The summed E-state index contributed by atoms with van der Waals surface area (Å²) < 4.78 is 9.63. The fourth-order valence-corrected chi connectivity index (χ4v) is 3.22. The van der Waals surface area contributed by atoms with Crippen molar-refractivity contribution in [3.8, 4) is 0 Å². The first-order valence-electron chi connectivity index (χ1n) is 7.18. The molecule has 0 N–H and O–H groups in total. The monoisotopic (exact) mass is 338 g/mol. The molecule has 2 rings (SSSR count). The second-order valence-electron chi connectivity index (χ2n) is 4.77. The Labute approximate surface area is 138 Å².